The molecule has 4 atom stereocenters. The number of carbonyl (C=O) groups excluding carboxylic acids is 1. The summed E-state index contributed by atoms with van der Waals surface area (Å²) in [6.07, 6.45) is 8.25. The molecule has 3 fully saturated rings. The van der Waals surface area contributed by atoms with E-state index in [0.29, 0.717) is 24.5 Å². The second kappa shape index (κ2) is 7.45. The Morgan fingerprint density at radius 3 is 2.67 bits per heavy atom. The molecular formula is C25H30FN3O. The molecule has 1 aromatic carbocycles. The molecule has 0 unspecified atom stereocenters. The minimum atomic E-state index is -0.240. The molecular weight excluding hydrogens is 377 g/mol. The maximum Gasteiger partial charge on any atom is 0.254 e. The Morgan fingerprint density at radius 2 is 1.90 bits per heavy atom. The second-order valence-corrected chi connectivity index (χ2v) is 9.67. The molecule has 30 heavy (non-hydrogen) atoms. The molecule has 5 heteroatoms. The summed E-state index contributed by atoms with van der Waals surface area (Å²) in [6, 6.07) is 11.4. The Labute approximate surface area is 178 Å². The Kier molecular flexibility index (Phi) is 4.89. The maximum atomic E-state index is 13.7. The third kappa shape index (κ3) is 3.24. The van der Waals surface area contributed by atoms with Gasteiger partial charge in [0.1, 0.15) is 5.82 Å². The molecule has 3 heterocycles. The summed E-state index contributed by atoms with van der Waals surface area (Å²) in [5, 5.41) is 0. The number of aromatic nitrogens is 1. The average molecular weight is 408 g/mol. The van der Waals surface area contributed by atoms with Crippen LogP contribution in [0.3, 0.4) is 0 Å². The third-order valence-electron chi connectivity index (χ3n) is 7.76. The predicted molar refractivity (Wildman–Crippen MR) is 115 cm³/mol. The van der Waals surface area contributed by atoms with Gasteiger partial charge < -0.3 is 9.80 Å². The molecule has 4 nitrogen and oxygen atoms in total. The van der Waals surface area contributed by atoms with E-state index < -0.39 is 0 Å². The van der Waals surface area contributed by atoms with Crippen LogP contribution in [-0.4, -0.2) is 52.4 Å². The molecule has 2 bridgehead atoms. The first-order valence-electron chi connectivity index (χ1n) is 11.2. The van der Waals surface area contributed by atoms with Gasteiger partial charge in [-0.1, -0.05) is 31.9 Å². The quantitative estimate of drug-likeness (QED) is 0.762. The lowest BCUT2D eigenvalue weighted by atomic mass is 9.71. The van der Waals surface area contributed by atoms with Crippen LogP contribution in [0.5, 0.6) is 0 Å². The lowest BCUT2D eigenvalue weighted by Crippen LogP contribution is -2.51. The smallest absolute Gasteiger partial charge is 0.254 e. The molecule has 1 aliphatic carbocycles. The highest BCUT2D eigenvalue weighted by Gasteiger charge is 2.59. The summed E-state index contributed by atoms with van der Waals surface area (Å²) in [5.74, 6) is -0.0941. The van der Waals surface area contributed by atoms with Crippen LogP contribution in [0, 0.1) is 11.2 Å². The number of pyridine rings is 1. The van der Waals surface area contributed by atoms with Crippen molar-refractivity contribution in [2.24, 2.45) is 5.41 Å². The van der Waals surface area contributed by atoms with E-state index in [1.807, 2.05) is 12.1 Å². The minimum Gasteiger partial charge on any atom is -0.331 e. The Bertz CT molecular complexity index is 946. The number of halogens is 1. The van der Waals surface area contributed by atoms with Crippen molar-refractivity contribution >= 4 is 5.91 Å². The monoisotopic (exact) mass is 407 g/mol. The largest absolute Gasteiger partial charge is 0.331 e. The zero-order valence-corrected chi connectivity index (χ0v) is 17.9. The van der Waals surface area contributed by atoms with Crippen molar-refractivity contribution in [1.82, 2.24) is 14.8 Å². The number of carbonyl (C=O) groups is 1. The number of amides is 1. The van der Waals surface area contributed by atoms with Gasteiger partial charge in [-0.3, -0.25) is 9.78 Å². The Morgan fingerprint density at radius 1 is 1.17 bits per heavy atom. The van der Waals surface area contributed by atoms with E-state index in [-0.39, 0.29) is 17.1 Å². The van der Waals surface area contributed by atoms with Gasteiger partial charge in [-0.15, -0.1) is 0 Å². The fourth-order valence-corrected chi connectivity index (χ4v) is 6.46. The first kappa shape index (κ1) is 19.7. The van der Waals surface area contributed by atoms with Gasteiger partial charge in [0.05, 0.1) is 0 Å². The fraction of sp³-hybridized carbons (Fsp3) is 0.520. The SMILES string of the molecule is CN1C[C@@H]2C[C@@]3(C)[C@H](CCCC[C@@H]13)N2C(=O)c1ccnc(Cc2ccc(F)cc2)c1. The Hall–Kier alpha value is -2.27. The summed E-state index contributed by atoms with van der Waals surface area (Å²) >= 11 is 0. The summed E-state index contributed by atoms with van der Waals surface area (Å²) in [4.78, 5) is 22.9. The topological polar surface area (TPSA) is 36.4 Å². The minimum absolute atomic E-state index is 0.146. The number of piperidine rings is 1. The molecule has 1 aromatic heterocycles. The standard InChI is InChI=1S/C25H30FN3O/c1-25-15-21-16-28(2)22(25)5-3-4-6-23(25)29(21)24(30)18-11-12-27-20(14-18)13-17-7-9-19(26)10-8-17/h7-12,14,21-23H,3-6,13,15-16H2,1-2H3/t21-,22+,23-,25+/m0/s1. The number of fused-ring (bicyclic) bond motifs is 1. The number of benzene rings is 1. The Balaban J connectivity index is 1.42. The van der Waals surface area contributed by atoms with Crippen LogP contribution in [0.1, 0.15) is 60.6 Å². The number of likely N-dealkylation sites (tertiary alicyclic amines) is 2. The van der Waals surface area contributed by atoms with Crippen molar-refractivity contribution in [3.63, 3.8) is 0 Å². The van der Waals surface area contributed by atoms with Gasteiger partial charge in [0.15, 0.2) is 0 Å². The van der Waals surface area contributed by atoms with Gasteiger partial charge in [-0.05, 0) is 56.1 Å². The van der Waals surface area contributed by atoms with Crippen molar-refractivity contribution in [2.45, 2.75) is 63.6 Å². The summed E-state index contributed by atoms with van der Waals surface area (Å²) in [5.41, 5.74) is 2.75. The molecule has 2 saturated heterocycles. The van der Waals surface area contributed by atoms with E-state index in [0.717, 1.165) is 36.2 Å². The zero-order chi connectivity index (χ0) is 20.9. The maximum absolute atomic E-state index is 13.7. The number of likely N-dealkylation sites (N-methyl/N-ethyl adjacent to an activating group) is 1. The summed E-state index contributed by atoms with van der Waals surface area (Å²) in [6.45, 7) is 3.38. The van der Waals surface area contributed by atoms with Gasteiger partial charge in [-0.2, -0.15) is 0 Å². The van der Waals surface area contributed by atoms with E-state index in [4.69, 9.17) is 0 Å². The van der Waals surface area contributed by atoms with Crippen LogP contribution in [0.25, 0.3) is 0 Å². The highest BCUT2D eigenvalue weighted by Crippen LogP contribution is 2.53. The third-order valence-corrected chi connectivity index (χ3v) is 7.76. The number of rotatable bonds is 3. The molecule has 0 N–H and O–H groups in total. The van der Waals surface area contributed by atoms with E-state index in [1.165, 1.54) is 31.4 Å². The van der Waals surface area contributed by atoms with E-state index >= 15 is 0 Å². The molecule has 0 spiro atoms. The van der Waals surface area contributed by atoms with Crippen LogP contribution in [0.2, 0.25) is 0 Å². The predicted octanol–water partition coefficient (Wildman–Crippen LogP) is 4.29. The van der Waals surface area contributed by atoms with Crippen molar-refractivity contribution in [3.8, 4) is 0 Å². The molecule has 5 rings (SSSR count). The highest BCUT2D eigenvalue weighted by atomic mass is 19.1. The lowest BCUT2D eigenvalue weighted by Gasteiger charge is -2.44. The molecule has 158 valence electrons. The van der Waals surface area contributed by atoms with Gasteiger partial charge in [0.2, 0.25) is 0 Å². The van der Waals surface area contributed by atoms with Gasteiger partial charge in [0, 0.05) is 54.0 Å². The lowest BCUT2D eigenvalue weighted by molar-refractivity contribution is 0.0577. The number of nitrogens with zero attached hydrogens (tertiary/aromatic N) is 3. The molecule has 0 radical (unpaired) electrons. The zero-order valence-electron chi connectivity index (χ0n) is 17.9. The fourth-order valence-electron chi connectivity index (χ4n) is 6.46. The molecule has 2 aliphatic heterocycles. The van der Waals surface area contributed by atoms with Crippen molar-refractivity contribution in [3.05, 3.63) is 65.2 Å². The van der Waals surface area contributed by atoms with Crippen molar-refractivity contribution < 1.29 is 9.18 Å². The number of hydrogen-bond acceptors (Lipinski definition) is 3. The normalized spacial score (nSPS) is 30.9. The van der Waals surface area contributed by atoms with Gasteiger partial charge in [0.25, 0.3) is 5.91 Å². The molecule has 2 aromatic rings. The molecule has 1 amide bonds. The van der Waals surface area contributed by atoms with Crippen LogP contribution < -0.4 is 0 Å². The van der Waals surface area contributed by atoms with E-state index in [2.05, 4.69) is 28.8 Å². The van der Waals surface area contributed by atoms with Crippen LogP contribution in [0.15, 0.2) is 42.6 Å². The van der Waals surface area contributed by atoms with Crippen LogP contribution >= 0.6 is 0 Å². The van der Waals surface area contributed by atoms with Crippen molar-refractivity contribution in [2.75, 3.05) is 13.6 Å². The van der Waals surface area contributed by atoms with Gasteiger partial charge >= 0.3 is 0 Å². The molecule has 1 saturated carbocycles. The van der Waals surface area contributed by atoms with Crippen molar-refractivity contribution in [1.29, 1.82) is 0 Å². The summed E-state index contributed by atoms with van der Waals surface area (Å²) < 4.78 is 13.2. The second-order valence-electron chi connectivity index (χ2n) is 9.67. The molecule has 3 aliphatic rings. The first-order chi connectivity index (χ1) is 14.5. The van der Waals surface area contributed by atoms with E-state index in [9.17, 15) is 9.18 Å². The van der Waals surface area contributed by atoms with Gasteiger partial charge in [-0.25, -0.2) is 4.39 Å². The van der Waals surface area contributed by atoms with Crippen LogP contribution in [-0.2, 0) is 6.42 Å². The highest BCUT2D eigenvalue weighted by molar-refractivity contribution is 5.95. The average Bonchev–Trinajstić information content (AvgIpc) is 2.84. The van der Waals surface area contributed by atoms with E-state index in [1.54, 1.807) is 18.3 Å². The first-order valence-corrected chi connectivity index (χ1v) is 11.2. The number of hydrogen-bond donors (Lipinski definition) is 0. The summed E-state index contributed by atoms with van der Waals surface area (Å²) in [7, 11) is 2.23. The van der Waals surface area contributed by atoms with Crippen LogP contribution in [0.4, 0.5) is 4.39 Å².